The van der Waals surface area contributed by atoms with Crippen molar-refractivity contribution < 1.29 is 11.3 Å². The van der Waals surface area contributed by atoms with Crippen molar-refractivity contribution in [1.29, 1.82) is 0 Å². The van der Waals surface area contributed by atoms with Gasteiger partial charge in [-0.2, -0.15) is 0 Å². The van der Waals surface area contributed by atoms with Gasteiger partial charge >= 0.3 is 0 Å². The van der Waals surface area contributed by atoms with E-state index < -0.39 is 6.04 Å². The van der Waals surface area contributed by atoms with Gasteiger partial charge in [-0.1, -0.05) is 127 Å². The first-order chi connectivity index (χ1) is 26.4. The van der Waals surface area contributed by atoms with Crippen LogP contribution in [0.4, 0.5) is 0 Å². The minimum Gasteiger partial charge on any atom is -0.456 e. The van der Waals surface area contributed by atoms with E-state index in [0.29, 0.717) is 28.4 Å². The number of aromatic nitrogens is 3. The van der Waals surface area contributed by atoms with E-state index in [1.54, 1.807) is 18.2 Å². The van der Waals surface area contributed by atoms with Gasteiger partial charge in [-0.05, 0) is 84.9 Å². The molecule has 2 aromatic heterocycles. The van der Waals surface area contributed by atoms with Crippen LogP contribution < -0.4 is 0 Å². The van der Waals surface area contributed by atoms with Crippen LogP contribution in [0.2, 0.25) is 0 Å². The van der Waals surface area contributed by atoms with Crippen molar-refractivity contribution >= 4 is 54.3 Å². The Balaban J connectivity index is 1.10. The first-order valence-electron chi connectivity index (χ1n) is 18.5. The topological polar surface area (TPSA) is 51.8 Å². The molecule has 0 saturated heterocycles. The molecular formula is C45H27N3O. The van der Waals surface area contributed by atoms with Gasteiger partial charge in [0.2, 0.25) is 0 Å². The van der Waals surface area contributed by atoms with Crippen LogP contribution in [0.15, 0.2) is 168 Å². The zero-order chi connectivity index (χ0) is 36.7. The molecule has 228 valence electrons. The van der Waals surface area contributed by atoms with E-state index in [9.17, 15) is 0 Å². The van der Waals surface area contributed by atoms with Gasteiger partial charge in [0.1, 0.15) is 17.5 Å². The van der Waals surface area contributed by atoms with Crippen LogP contribution in [0.25, 0.3) is 99.3 Å². The third-order valence-corrected chi connectivity index (χ3v) is 9.29. The molecule has 0 saturated carbocycles. The lowest BCUT2D eigenvalue weighted by Crippen LogP contribution is -1.95. The average molecular weight is 631 g/mol. The summed E-state index contributed by atoms with van der Waals surface area (Å²) >= 11 is 0. The zero-order valence-electron chi connectivity index (χ0n) is 31.0. The van der Waals surface area contributed by atoms with Crippen molar-refractivity contribution in [1.82, 2.24) is 15.0 Å². The van der Waals surface area contributed by atoms with Crippen molar-refractivity contribution in [3.05, 3.63) is 164 Å². The van der Waals surface area contributed by atoms with Crippen LogP contribution in [0, 0.1) is 0 Å². The number of hydrogen-bond acceptors (Lipinski definition) is 4. The van der Waals surface area contributed by atoms with Crippen molar-refractivity contribution in [2.75, 3.05) is 0 Å². The lowest BCUT2D eigenvalue weighted by molar-refractivity contribution is 0.669. The summed E-state index contributed by atoms with van der Waals surface area (Å²) in [7, 11) is 0. The van der Waals surface area contributed by atoms with Crippen LogP contribution >= 0.6 is 0 Å². The second-order valence-corrected chi connectivity index (χ2v) is 12.1. The quantitative estimate of drug-likeness (QED) is 0.182. The fourth-order valence-corrected chi connectivity index (χ4v) is 7.05. The van der Waals surface area contributed by atoms with Gasteiger partial charge < -0.3 is 4.42 Å². The molecule has 0 aliphatic heterocycles. The summed E-state index contributed by atoms with van der Waals surface area (Å²) in [4.78, 5) is 13.9. The predicted molar refractivity (Wildman–Crippen MR) is 201 cm³/mol. The smallest absolute Gasteiger partial charge is 0.164 e. The number of benzene rings is 8. The first kappa shape index (κ1) is 22.8. The van der Waals surface area contributed by atoms with Crippen molar-refractivity contribution in [2.45, 2.75) is 0 Å². The molecule has 0 radical (unpaired) electrons. The molecule has 0 N–H and O–H groups in total. The summed E-state index contributed by atoms with van der Waals surface area (Å²) in [6.45, 7) is 0. The molecule has 0 unspecified atom stereocenters. The molecule has 49 heavy (non-hydrogen) atoms. The highest BCUT2D eigenvalue weighted by Gasteiger charge is 2.17. The molecule has 10 rings (SSSR count). The molecule has 0 amide bonds. The number of hydrogen-bond donors (Lipinski definition) is 0. The average Bonchev–Trinajstić information content (AvgIpc) is 3.61. The maximum Gasteiger partial charge on any atom is 0.164 e. The molecule has 10 aromatic rings. The van der Waals surface area contributed by atoms with Crippen molar-refractivity contribution in [2.24, 2.45) is 0 Å². The molecule has 0 spiro atoms. The van der Waals surface area contributed by atoms with E-state index in [1.165, 1.54) is 38.6 Å². The molecule has 4 heteroatoms. The van der Waals surface area contributed by atoms with Crippen molar-refractivity contribution in [3.8, 4) is 45.0 Å². The van der Waals surface area contributed by atoms with Gasteiger partial charge in [0.15, 0.2) is 11.6 Å². The third-order valence-electron chi connectivity index (χ3n) is 9.29. The van der Waals surface area contributed by atoms with E-state index in [2.05, 4.69) is 88.8 Å². The van der Waals surface area contributed by atoms with Crippen LogP contribution in [0.5, 0.6) is 0 Å². The Kier molecular flexibility index (Phi) is 5.10. The number of fused-ring (bicyclic) bond motifs is 9. The summed E-state index contributed by atoms with van der Waals surface area (Å²) in [5.41, 5.74) is 5.60. The highest BCUT2D eigenvalue weighted by atomic mass is 16.3. The van der Waals surface area contributed by atoms with Gasteiger partial charge in [0, 0.05) is 21.9 Å². The number of furan rings is 1. The molecular weight excluding hydrogens is 599 g/mol. The summed E-state index contributed by atoms with van der Waals surface area (Å²) in [6.07, 6.45) is 1.46. The number of nitrogens with zero attached hydrogens (tertiary/aromatic N) is 3. The Morgan fingerprint density at radius 1 is 0.429 bits per heavy atom. The van der Waals surface area contributed by atoms with Crippen LogP contribution in [-0.4, -0.2) is 15.0 Å². The monoisotopic (exact) mass is 630 g/mol. The van der Waals surface area contributed by atoms with E-state index in [-0.39, 0.29) is 29.7 Å². The van der Waals surface area contributed by atoms with Gasteiger partial charge in [-0.25, -0.2) is 15.0 Å². The predicted octanol–water partition coefficient (Wildman–Crippen LogP) is 11.9. The fourth-order valence-electron chi connectivity index (χ4n) is 7.05. The second kappa shape index (κ2) is 11.0. The fraction of sp³-hybridized carbons (Fsp3) is 0. The highest BCUT2D eigenvalue weighted by molar-refractivity contribution is 6.25. The van der Waals surface area contributed by atoms with Crippen molar-refractivity contribution in [3.63, 3.8) is 0 Å². The standard InChI is InChI=1S/C45H27N3O/c1-2-10-28(11-3-1)29-12-8-13-32(24-29)44-46-27-47-45(48-44)38-18-9-19-42-43(38)40-26-31(21-23-41(40)49-42)30-20-22-37-35-16-5-4-14-33(35)34-15-6-7-17-36(34)39(37)25-30/h1-27H/i1D,2D,3D,10D,11D. The van der Waals surface area contributed by atoms with Crippen LogP contribution in [0.3, 0.4) is 0 Å². The van der Waals surface area contributed by atoms with Crippen LogP contribution in [-0.2, 0) is 0 Å². The van der Waals surface area contributed by atoms with Gasteiger partial charge in [-0.15, -0.1) is 0 Å². The Morgan fingerprint density at radius 2 is 1.04 bits per heavy atom. The minimum absolute atomic E-state index is 0.121. The zero-order valence-corrected chi connectivity index (χ0v) is 26.0. The molecule has 0 aliphatic rings. The van der Waals surface area contributed by atoms with E-state index >= 15 is 0 Å². The SMILES string of the molecule is [2H]c1c([2H])c([2H])c(-c2cccc(-c3ncnc(-c4cccc5oc6ccc(-c7ccc8c9ccccc9c9ccccc9c8c7)cc6c45)n3)c2)c([2H])c1[2H]. The maximum absolute atomic E-state index is 8.47. The minimum atomic E-state index is -0.431. The lowest BCUT2D eigenvalue weighted by atomic mass is 9.92. The normalized spacial score (nSPS) is 13.1. The third kappa shape index (κ3) is 4.49. The van der Waals surface area contributed by atoms with Gasteiger partial charge in [0.05, 0.1) is 6.85 Å². The molecule has 4 nitrogen and oxygen atoms in total. The Bertz CT molecular complexity index is 3130. The molecule has 0 aliphatic carbocycles. The summed E-state index contributed by atoms with van der Waals surface area (Å²) in [5, 5.41) is 9.17. The highest BCUT2D eigenvalue weighted by Crippen LogP contribution is 2.40. The van der Waals surface area contributed by atoms with E-state index in [4.69, 9.17) is 16.3 Å². The summed E-state index contributed by atoms with van der Waals surface area (Å²) in [6, 6.07) is 41.3. The Hall–Kier alpha value is -6.65. The molecule has 0 atom stereocenters. The maximum atomic E-state index is 8.47. The largest absolute Gasteiger partial charge is 0.456 e. The Labute approximate surface area is 289 Å². The molecule has 0 fully saturated rings. The molecule has 0 bridgehead atoms. The first-order valence-corrected chi connectivity index (χ1v) is 16.0. The molecule has 2 heterocycles. The Morgan fingerprint density at radius 3 is 1.82 bits per heavy atom. The molecule has 8 aromatic carbocycles. The lowest BCUT2D eigenvalue weighted by Gasteiger charge is -2.12. The number of rotatable bonds is 4. The summed E-state index contributed by atoms with van der Waals surface area (Å²) < 4.78 is 47.5. The van der Waals surface area contributed by atoms with Gasteiger partial charge in [-0.3, -0.25) is 0 Å². The van der Waals surface area contributed by atoms with Crippen LogP contribution in [0.1, 0.15) is 6.85 Å². The van der Waals surface area contributed by atoms with Gasteiger partial charge in [0.25, 0.3) is 0 Å². The second-order valence-electron chi connectivity index (χ2n) is 12.1. The van der Waals surface area contributed by atoms with E-state index in [1.807, 2.05) is 30.3 Å². The summed E-state index contributed by atoms with van der Waals surface area (Å²) in [5.74, 6) is 0.839. The van der Waals surface area contributed by atoms with E-state index in [0.717, 1.165) is 33.0 Å².